The molecule has 0 aliphatic carbocycles. The van der Waals surface area contributed by atoms with Crippen molar-refractivity contribution in [1.29, 1.82) is 0 Å². The standard InChI is InChI=1S/C23H26N6O2/c1-14(2)18-11-26-29(21-7-5-6-15(3)27-21)22(18)17-8-9-20-24-12-19(28(20)13-17)23(31)25-10-16(4)30/h5-9,11-14,16,30H,10H2,1-4H3,(H,25,31). The number of aliphatic hydroxyl groups excluding tert-OH is 1. The number of carbonyl (C=O) groups is 1. The molecular formula is C23H26N6O2. The Kier molecular flexibility index (Phi) is 5.56. The number of imidazole rings is 1. The third-order valence-corrected chi connectivity index (χ3v) is 5.08. The van der Waals surface area contributed by atoms with E-state index in [0.29, 0.717) is 11.3 Å². The van der Waals surface area contributed by atoms with Crippen LogP contribution in [0.4, 0.5) is 0 Å². The van der Waals surface area contributed by atoms with Gasteiger partial charge in [-0.15, -0.1) is 0 Å². The summed E-state index contributed by atoms with van der Waals surface area (Å²) < 4.78 is 3.60. The number of amides is 1. The van der Waals surface area contributed by atoms with Gasteiger partial charge in [-0.2, -0.15) is 5.10 Å². The Balaban J connectivity index is 1.84. The average molecular weight is 419 g/mol. The van der Waals surface area contributed by atoms with Crippen LogP contribution in [0.2, 0.25) is 0 Å². The molecule has 8 heteroatoms. The van der Waals surface area contributed by atoms with E-state index in [0.717, 1.165) is 28.3 Å². The van der Waals surface area contributed by atoms with Crippen LogP contribution in [0.15, 0.2) is 48.9 Å². The van der Waals surface area contributed by atoms with Crippen molar-refractivity contribution in [2.45, 2.75) is 39.7 Å². The van der Waals surface area contributed by atoms with E-state index in [1.165, 1.54) is 0 Å². The first-order valence-electron chi connectivity index (χ1n) is 10.3. The zero-order valence-corrected chi connectivity index (χ0v) is 18.1. The third kappa shape index (κ3) is 4.06. The van der Waals surface area contributed by atoms with Crippen molar-refractivity contribution in [2.75, 3.05) is 6.54 Å². The van der Waals surface area contributed by atoms with Crippen molar-refractivity contribution in [1.82, 2.24) is 29.5 Å². The number of aryl methyl sites for hydroxylation is 1. The second-order valence-electron chi connectivity index (χ2n) is 8.00. The van der Waals surface area contributed by atoms with E-state index >= 15 is 0 Å². The largest absolute Gasteiger partial charge is 0.392 e. The van der Waals surface area contributed by atoms with Gasteiger partial charge >= 0.3 is 0 Å². The first-order chi connectivity index (χ1) is 14.8. The molecule has 8 nitrogen and oxygen atoms in total. The highest BCUT2D eigenvalue weighted by Gasteiger charge is 2.20. The Morgan fingerprint density at radius 1 is 1.16 bits per heavy atom. The van der Waals surface area contributed by atoms with Gasteiger partial charge in [0.25, 0.3) is 5.91 Å². The lowest BCUT2D eigenvalue weighted by Gasteiger charge is -2.13. The molecule has 0 radical (unpaired) electrons. The molecule has 160 valence electrons. The molecule has 4 aromatic rings. The van der Waals surface area contributed by atoms with Gasteiger partial charge in [0.05, 0.1) is 24.2 Å². The molecule has 31 heavy (non-hydrogen) atoms. The predicted molar refractivity (Wildman–Crippen MR) is 118 cm³/mol. The zero-order valence-electron chi connectivity index (χ0n) is 18.1. The lowest BCUT2D eigenvalue weighted by molar-refractivity contribution is 0.0918. The van der Waals surface area contributed by atoms with E-state index in [-0.39, 0.29) is 18.4 Å². The minimum atomic E-state index is -0.622. The maximum atomic E-state index is 12.6. The molecule has 1 amide bonds. The normalized spacial score (nSPS) is 12.5. The summed E-state index contributed by atoms with van der Waals surface area (Å²) in [6, 6.07) is 9.70. The van der Waals surface area contributed by atoms with Gasteiger partial charge < -0.3 is 10.4 Å². The predicted octanol–water partition coefficient (Wildman–Crippen LogP) is 3.12. The van der Waals surface area contributed by atoms with Crippen LogP contribution in [-0.2, 0) is 0 Å². The maximum absolute atomic E-state index is 12.6. The van der Waals surface area contributed by atoms with Gasteiger partial charge in [0, 0.05) is 29.6 Å². The summed E-state index contributed by atoms with van der Waals surface area (Å²) >= 11 is 0. The molecule has 0 bridgehead atoms. The fourth-order valence-electron chi connectivity index (χ4n) is 3.51. The van der Waals surface area contributed by atoms with Gasteiger partial charge in [0.1, 0.15) is 11.3 Å². The molecule has 0 aliphatic heterocycles. The molecule has 2 N–H and O–H groups in total. The smallest absolute Gasteiger partial charge is 0.270 e. The topological polar surface area (TPSA) is 97.3 Å². The first-order valence-corrected chi connectivity index (χ1v) is 10.3. The van der Waals surface area contributed by atoms with Crippen molar-refractivity contribution in [3.8, 4) is 17.1 Å². The third-order valence-electron chi connectivity index (χ3n) is 5.08. The van der Waals surface area contributed by atoms with Gasteiger partial charge in [-0.3, -0.25) is 9.20 Å². The number of hydrogen-bond acceptors (Lipinski definition) is 5. The fourth-order valence-corrected chi connectivity index (χ4v) is 3.51. The van der Waals surface area contributed by atoms with Crippen LogP contribution in [-0.4, -0.2) is 47.8 Å². The minimum absolute atomic E-state index is 0.176. The Morgan fingerprint density at radius 2 is 1.97 bits per heavy atom. The van der Waals surface area contributed by atoms with Crippen LogP contribution >= 0.6 is 0 Å². The molecule has 0 saturated heterocycles. The molecule has 4 rings (SSSR count). The summed E-state index contributed by atoms with van der Waals surface area (Å²) in [6.07, 6.45) is 4.69. The van der Waals surface area contributed by atoms with Crippen LogP contribution in [0.25, 0.3) is 22.7 Å². The van der Waals surface area contributed by atoms with Crippen LogP contribution in [0.5, 0.6) is 0 Å². The lowest BCUT2D eigenvalue weighted by Crippen LogP contribution is -2.31. The Morgan fingerprint density at radius 3 is 2.68 bits per heavy atom. The van der Waals surface area contributed by atoms with Gasteiger partial charge in [-0.05, 0) is 44.0 Å². The minimum Gasteiger partial charge on any atom is -0.392 e. The van der Waals surface area contributed by atoms with E-state index in [4.69, 9.17) is 0 Å². The van der Waals surface area contributed by atoms with Crippen molar-refractivity contribution in [3.63, 3.8) is 0 Å². The van der Waals surface area contributed by atoms with Crippen molar-refractivity contribution < 1.29 is 9.90 Å². The molecule has 0 aromatic carbocycles. The maximum Gasteiger partial charge on any atom is 0.270 e. The number of fused-ring (bicyclic) bond motifs is 1. The van der Waals surface area contributed by atoms with Gasteiger partial charge in [-0.1, -0.05) is 19.9 Å². The van der Waals surface area contributed by atoms with E-state index in [9.17, 15) is 9.90 Å². The molecule has 0 fully saturated rings. The number of nitrogens with zero attached hydrogens (tertiary/aromatic N) is 5. The highest BCUT2D eigenvalue weighted by Crippen LogP contribution is 2.31. The summed E-state index contributed by atoms with van der Waals surface area (Å²) in [7, 11) is 0. The highest BCUT2D eigenvalue weighted by molar-refractivity contribution is 5.93. The molecule has 0 saturated carbocycles. The summed E-state index contributed by atoms with van der Waals surface area (Å²) in [6.45, 7) is 8.00. The Labute approximate surface area is 180 Å². The summed E-state index contributed by atoms with van der Waals surface area (Å²) in [4.78, 5) is 21.6. The van der Waals surface area contributed by atoms with E-state index < -0.39 is 6.10 Å². The summed E-state index contributed by atoms with van der Waals surface area (Å²) in [5.41, 5.74) is 4.90. The van der Waals surface area contributed by atoms with Gasteiger partial charge in [0.15, 0.2) is 5.82 Å². The second kappa shape index (κ2) is 8.31. The number of aromatic nitrogens is 5. The number of aliphatic hydroxyl groups is 1. The van der Waals surface area contributed by atoms with E-state index in [1.807, 2.05) is 54.3 Å². The lowest BCUT2D eigenvalue weighted by atomic mass is 10.0. The monoisotopic (exact) mass is 418 g/mol. The Bertz CT molecular complexity index is 1240. The average Bonchev–Trinajstić information content (AvgIpc) is 3.36. The number of rotatable bonds is 6. The van der Waals surface area contributed by atoms with Crippen molar-refractivity contribution in [3.05, 3.63) is 65.9 Å². The second-order valence-corrected chi connectivity index (χ2v) is 8.00. The number of hydrogen-bond donors (Lipinski definition) is 2. The first kappa shape index (κ1) is 20.7. The number of carbonyl (C=O) groups excluding carboxylic acids is 1. The van der Waals surface area contributed by atoms with E-state index in [1.54, 1.807) is 17.5 Å². The summed E-state index contributed by atoms with van der Waals surface area (Å²) in [5.74, 6) is 0.701. The van der Waals surface area contributed by atoms with Crippen molar-refractivity contribution >= 4 is 11.6 Å². The molecule has 0 aliphatic rings. The molecular weight excluding hydrogens is 392 g/mol. The molecule has 1 unspecified atom stereocenters. The highest BCUT2D eigenvalue weighted by atomic mass is 16.3. The number of pyridine rings is 2. The molecule has 4 aromatic heterocycles. The number of nitrogens with one attached hydrogen (secondary N) is 1. The summed E-state index contributed by atoms with van der Waals surface area (Å²) in [5, 5.41) is 16.8. The van der Waals surface area contributed by atoms with Gasteiger partial charge in [0.2, 0.25) is 0 Å². The molecule has 0 spiro atoms. The van der Waals surface area contributed by atoms with Crippen LogP contribution in [0.1, 0.15) is 48.4 Å². The van der Waals surface area contributed by atoms with Crippen LogP contribution in [0, 0.1) is 6.92 Å². The molecule has 4 heterocycles. The van der Waals surface area contributed by atoms with Gasteiger partial charge in [-0.25, -0.2) is 14.6 Å². The SMILES string of the molecule is Cc1cccc(-n2ncc(C(C)C)c2-c2ccc3ncc(C(=O)NCC(C)O)n3c2)n1. The fraction of sp³-hybridized carbons (Fsp3) is 0.304. The van der Waals surface area contributed by atoms with Crippen molar-refractivity contribution in [2.24, 2.45) is 0 Å². The zero-order chi connectivity index (χ0) is 22.1. The Hall–Kier alpha value is -3.52. The van der Waals surface area contributed by atoms with Crippen LogP contribution in [0.3, 0.4) is 0 Å². The molecule has 1 atom stereocenters. The quantitative estimate of drug-likeness (QED) is 0.501. The van der Waals surface area contributed by atoms with Crippen LogP contribution < -0.4 is 5.32 Å². The van der Waals surface area contributed by atoms with E-state index in [2.05, 4.69) is 34.2 Å².